The summed E-state index contributed by atoms with van der Waals surface area (Å²) in [7, 11) is -3.45. The lowest BCUT2D eigenvalue weighted by Crippen LogP contribution is -2.41. The molecule has 0 aliphatic carbocycles. The second kappa shape index (κ2) is 3.51. The average molecular weight is 285 g/mol. The van der Waals surface area contributed by atoms with Crippen molar-refractivity contribution in [3.05, 3.63) is 0 Å². The van der Waals surface area contributed by atoms with Crippen molar-refractivity contribution >= 4 is 39.5 Å². The maximum absolute atomic E-state index is 11.6. The fraction of sp³-hybridized carbons (Fsp3) is 0.875. The second-order valence-corrected chi connectivity index (χ2v) is 7.53. The number of thioether (sulfide) groups is 1. The van der Waals surface area contributed by atoms with Crippen molar-refractivity contribution < 1.29 is 22.1 Å². The van der Waals surface area contributed by atoms with E-state index in [1.165, 1.54) is 0 Å². The van der Waals surface area contributed by atoms with Crippen LogP contribution in [0.3, 0.4) is 0 Å². The number of ether oxygens (including phenoxy) is 1. The maximum Gasteiger partial charge on any atom is 0.321 e. The van der Waals surface area contributed by atoms with Crippen LogP contribution in [0.4, 0.5) is 0 Å². The quantitative estimate of drug-likeness (QED) is 0.408. The third-order valence-electron chi connectivity index (χ3n) is 3.17. The smallest absolute Gasteiger partial charge is 0.321 e. The number of fused-ring (bicyclic) bond motifs is 1. The number of rotatable bonds is 2. The summed E-state index contributed by atoms with van der Waals surface area (Å²) in [5.74, 6) is -0.745. The standard InChI is InChI=1S/C8H9ClO5S2/c9-2-5(10)13-6-3-1-4-8(15-3)7(6)14-16(4,11)12/h3-4,6-8H,1-2H2. The topological polar surface area (TPSA) is 69.7 Å². The molecule has 5 atom stereocenters. The SMILES string of the molecule is O=C(CCl)OC1C2CC3C(S2)C1OS3(=O)=O. The van der Waals surface area contributed by atoms with Gasteiger partial charge in [0.25, 0.3) is 10.1 Å². The molecule has 5 unspecified atom stereocenters. The Labute approximate surface area is 102 Å². The number of hydrogen-bond donors (Lipinski definition) is 0. The van der Waals surface area contributed by atoms with Crippen LogP contribution in [0.1, 0.15) is 6.42 Å². The van der Waals surface area contributed by atoms with Crippen molar-refractivity contribution in [2.75, 3.05) is 5.88 Å². The lowest BCUT2D eigenvalue weighted by Gasteiger charge is -2.22. The monoisotopic (exact) mass is 284 g/mol. The summed E-state index contributed by atoms with van der Waals surface area (Å²) in [6.45, 7) is 0. The van der Waals surface area contributed by atoms with E-state index in [0.717, 1.165) is 0 Å². The first kappa shape index (κ1) is 11.1. The number of carbonyl (C=O) groups excluding carboxylic acids is 1. The molecule has 0 radical (unpaired) electrons. The predicted octanol–water partition coefficient (Wildman–Crippen LogP) is 0.122. The molecule has 0 amide bonds. The predicted molar refractivity (Wildman–Crippen MR) is 58.0 cm³/mol. The Morgan fingerprint density at radius 2 is 2.31 bits per heavy atom. The first-order chi connectivity index (χ1) is 7.53. The van der Waals surface area contributed by atoms with E-state index in [2.05, 4.69) is 0 Å². The number of halogens is 1. The van der Waals surface area contributed by atoms with Crippen molar-refractivity contribution in [3.63, 3.8) is 0 Å². The van der Waals surface area contributed by atoms with Crippen LogP contribution in [0, 0.1) is 0 Å². The summed E-state index contributed by atoms with van der Waals surface area (Å²) in [5, 5.41) is -0.467. The van der Waals surface area contributed by atoms with Gasteiger partial charge in [-0.1, -0.05) is 0 Å². The zero-order valence-electron chi connectivity index (χ0n) is 8.04. The van der Waals surface area contributed by atoms with Gasteiger partial charge in [0, 0.05) is 5.25 Å². The van der Waals surface area contributed by atoms with Gasteiger partial charge in [-0.25, -0.2) is 0 Å². The van der Waals surface area contributed by atoms with Crippen molar-refractivity contribution in [2.45, 2.75) is 34.4 Å². The molecule has 0 aromatic heterocycles. The van der Waals surface area contributed by atoms with Crippen LogP contribution in [0.15, 0.2) is 0 Å². The maximum atomic E-state index is 11.6. The molecule has 16 heavy (non-hydrogen) atoms. The zero-order valence-corrected chi connectivity index (χ0v) is 10.4. The molecule has 5 nitrogen and oxygen atoms in total. The van der Waals surface area contributed by atoms with Gasteiger partial charge < -0.3 is 4.74 Å². The third kappa shape index (κ3) is 1.41. The fourth-order valence-corrected chi connectivity index (χ4v) is 6.75. The Morgan fingerprint density at radius 1 is 1.56 bits per heavy atom. The van der Waals surface area contributed by atoms with Gasteiger partial charge >= 0.3 is 5.97 Å². The highest BCUT2D eigenvalue weighted by Gasteiger charge is 2.66. The Hall–Kier alpha value is 0.0200. The van der Waals surface area contributed by atoms with E-state index < -0.39 is 33.5 Å². The van der Waals surface area contributed by atoms with Gasteiger partial charge in [-0.2, -0.15) is 8.42 Å². The van der Waals surface area contributed by atoms with E-state index in [-0.39, 0.29) is 16.4 Å². The highest BCUT2D eigenvalue weighted by atomic mass is 35.5. The van der Waals surface area contributed by atoms with Crippen molar-refractivity contribution in [2.24, 2.45) is 0 Å². The Morgan fingerprint density at radius 3 is 3.00 bits per heavy atom. The minimum Gasteiger partial charge on any atom is -0.457 e. The first-order valence-corrected chi connectivity index (χ1v) is 7.81. The van der Waals surface area contributed by atoms with Crippen molar-refractivity contribution in [1.29, 1.82) is 0 Å². The zero-order chi connectivity index (χ0) is 11.5. The van der Waals surface area contributed by atoms with Gasteiger partial charge in [0.05, 0.1) is 5.25 Å². The first-order valence-electron chi connectivity index (χ1n) is 4.86. The van der Waals surface area contributed by atoms with Crippen LogP contribution in [-0.2, 0) is 23.8 Å². The Balaban J connectivity index is 1.84. The van der Waals surface area contributed by atoms with Gasteiger partial charge in [0.15, 0.2) is 0 Å². The van der Waals surface area contributed by atoms with Crippen LogP contribution in [0.2, 0.25) is 0 Å². The van der Waals surface area contributed by atoms with E-state index >= 15 is 0 Å². The summed E-state index contributed by atoms with van der Waals surface area (Å²) >= 11 is 6.90. The van der Waals surface area contributed by atoms with E-state index in [4.69, 9.17) is 20.5 Å². The second-order valence-electron chi connectivity index (χ2n) is 4.06. The highest BCUT2D eigenvalue weighted by Crippen LogP contribution is 2.55. The Bertz CT molecular complexity index is 436. The summed E-state index contributed by atoms with van der Waals surface area (Å²) in [5.41, 5.74) is 0. The van der Waals surface area contributed by atoms with Crippen molar-refractivity contribution in [1.82, 2.24) is 0 Å². The molecule has 0 aromatic carbocycles. The van der Waals surface area contributed by atoms with E-state index in [1.807, 2.05) is 0 Å². The highest BCUT2D eigenvalue weighted by molar-refractivity contribution is 8.03. The van der Waals surface area contributed by atoms with Crippen LogP contribution in [-0.4, -0.2) is 48.2 Å². The molecule has 0 aromatic rings. The average Bonchev–Trinajstić information content (AvgIpc) is 2.81. The number of carbonyl (C=O) groups is 1. The third-order valence-corrected chi connectivity index (χ3v) is 7.00. The molecule has 90 valence electrons. The minimum absolute atomic E-state index is 0.0319. The van der Waals surface area contributed by atoms with E-state index in [1.54, 1.807) is 11.8 Å². The van der Waals surface area contributed by atoms with Crippen LogP contribution in [0.5, 0.6) is 0 Å². The van der Waals surface area contributed by atoms with E-state index in [0.29, 0.717) is 6.42 Å². The molecule has 3 rings (SSSR count). The molecule has 3 fully saturated rings. The molecule has 0 saturated carbocycles. The number of alkyl halides is 1. The normalized spacial score (nSPS) is 47.2. The van der Waals surface area contributed by atoms with Crippen molar-refractivity contribution in [3.8, 4) is 0 Å². The van der Waals surface area contributed by atoms with Crippen LogP contribution < -0.4 is 0 Å². The largest absolute Gasteiger partial charge is 0.457 e. The van der Waals surface area contributed by atoms with Gasteiger partial charge in [0.1, 0.15) is 23.3 Å². The van der Waals surface area contributed by atoms with Crippen LogP contribution >= 0.6 is 23.4 Å². The van der Waals surface area contributed by atoms with Gasteiger partial charge in [-0.15, -0.1) is 23.4 Å². The molecular formula is C8H9ClO5S2. The van der Waals surface area contributed by atoms with Gasteiger partial charge in [0.2, 0.25) is 0 Å². The summed E-state index contributed by atoms with van der Waals surface area (Å²) in [6, 6.07) is 0. The van der Waals surface area contributed by atoms with E-state index in [9.17, 15) is 13.2 Å². The molecule has 3 heterocycles. The number of esters is 1. The summed E-state index contributed by atoms with van der Waals surface area (Å²) in [4.78, 5) is 11.1. The summed E-state index contributed by atoms with van der Waals surface area (Å²) < 4.78 is 33.3. The lowest BCUT2D eigenvalue weighted by atomic mass is 9.94. The van der Waals surface area contributed by atoms with Crippen LogP contribution in [0.25, 0.3) is 0 Å². The minimum atomic E-state index is -3.45. The fourth-order valence-electron chi connectivity index (χ4n) is 2.55. The molecule has 0 spiro atoms. The summed E-state index contributed by atoms with van der Waals surface area (Å²) in [6.07, 6.45) is -0.463. The molecule has 3 aliphatic heterocycles. The lowest BCUT2D eigenvalue weighted by molar-refractivity contribution is -0.150. The molecular weight excluding hydrogens is 276 g/mol. The van der Waals surface area contributed by atoms with Gasteiger partial charge in [-0.3, -0.25) is 8.98 Å². The molecule has 0 N–H and O–H groups in total. The number of hydrogen-bond acceptors (Lipinski definition) is 6. The molecule has 3 aliphatic rings. The molecule has 3 saturated heterocycles. The molecule has 8 heteroatoms. The molecule has 2 bridgehead atoms. The van der Waals surface area contributed by atoms with Gasteiger partial charge in [-0.05, 0) is 6.42 Å². The Kier molecular flexibility index (Phi) is 2.44.